The summed E-state index contributed by atoms with van der Waals surface area (Å²) in [5.41, 5.74) is 1.27. The van der Waals surface area contributed by atoms with Crippen molar-refractivity contribution in [3.63, 3.8) is 0 Å². The normalized spacial score (nSPS) is 18.1. The van der Waals surface area contributed by atoms with Gasteiger partial charge >= 0.3 is 0 Å². The number of nitrogens with zero attached hydrogens (tertiary/aromatic N) is 3. The van der Waals surface area contributed by atoms with Gasteiger partial charge in [0.15, 0.2) is 5.82 Å². The Morgan fingerprint density at radius 1 is 1.32 bits per heavy atom. The summed E-state index contributed by atoms with van der Waals surface area (Å²) in [6.45, 7) is 0.836. The zero-order valence-corrected chi connectivity index (χ0v) is 13.4. The van der Waals surface area contributed by atoms with Crippen molar-refractivity contribution >= 4 is 17.7 Å². The SMILES string of the molecule is CN1CC[C@H](SCc2nc(CCc3ccccc3)no2)C1=O. The zero-order valence-electron chi connectivity index (χ0n) is 12.6. The van der Waals surface area contributed by atoms with E-state index in [1.54, 1.807) is 16.7 Å². The molecule has 1 saturated heterocycles. The molecule has 1 aromatic carbocycles. The molecule has 1 amide bonds. The minimum atomic E-state index is 0.0321. The van der Waals surface area contributed by atoms with E-state index in [9.17, 15) is 4.79 Å². The molecule has 5 nitrogen and oxygen atoms in total. The number of carbonyl (C=O) groups is 1. The first-order valence-corrected chi connectivity index (χ1v) is 8.49. The van der Waals surface area contributed by atoms with Crippen molar-refractivity contribution in [3.05, 3.63) is 47.6 Å². The number of aromatic nitrogens is 2. The molecule has 1 fully saturated rings. The maximum atomic E-state index is 11.8. The van der Waals surface area contributed by atoms with Crippen LogP contribution >= 0.6 is 11.8 Å². The fraction of sp³-hybridized carbons (Fsp3) is 0.438. The second-order valence-electron chi connectivity index (χ2n) is 5.44. The zero-order chi connectivity index (χ0) is 15.4. The van der Waals surface area contributed by atoms with E-state index in [1.807, 2.05) is 25.2 Å². The van der Waals surface area contributed by atoms with E-state index in [1.165, 1.54) is 5.56 Å². The van der Waals surface area contributed by atoms with Crippen LogP contribution in [-0.4, -0.2) is 39.8 Å². The number of hydrogen-bond donors (Lipinski definition) is 0. The average molecular weight is 317 g/mol. The van der Waals surface area contributed by atoms with Gasteiger partial charge in [-0.3, -0.25) is 4.79 Å². The predicted octanol–water partition coefficient (Wildman–Crippen LogP) is 2.32. The molecule has 6 heteroatoms. The fourth-order valence-electron chi connectivity index (χ4n) is 2.47. The molecule has 0 radical (unpaired) electrons. The van der Waals surface area contributed by atoms with Crippen LogP contribution in [0.15, 0.2) is 34.9 Å². The Morgan fingerprint density at radius 2 is 2.14 bits per heavy atom. The average Bonchev–Trinajstić information content (AvgIpc) is 3.13. The van der Waals surface area contributed by atoms with Gasteiger partial charge in [-0.1, -0.05) is 35.5 Å². The fourth-order valence-corrected chi connectivity index (χ4v) is 3.52. The van der Waals surface area contributed by atoms with Crippen molar-refractivity contribution in [2.24, 2.45) is 0 Å². The maximum absolute atomic E-state index is 11.8. The van der Waals surface area contributed by atoms with Gasteiger partial charge in [0, 0.05) is 20.0 Å². The molecule has 1 aliphatic rings. The topological polar surface area (TPSA) is 59.2 Å². The highest BCUT2D eigenvalue weighted by Crippen LogP contribution is 2.25. The molecular formula is C16H19N3O2S. The van der Waals surface area contributed by atoms with E-state index in [2.05, 4.69) is 22.3 Å². The monoisotopic (exact) mass is 317 g/mol. The Hall–Kier alpha value is -1.82. The first-order chi connectivity index (χ1) is 10.7. The highest BCUT2D eigenvalue weighted by molar-refractivity contribution is 7.99. The van der Waals surface area contributed by atoms with Crippen LogP contribution in [0.3, 0.4) is 0 Å². The summed E-state index contributed by atoms with van der Waals surface area (Å²) in [7, 11) is 1.84. The molecule has 1 aromatic heterocycles. The van der Waals surface area contributed by atoms with Crippen molar-refractivity contribution in [1.29, 1.82) is 0 Å². The van der Waals surface area contributed by atoms with E-state index in [0.29, 0.717) is 11.6 Å². The molecular weight excluding hydrogens is 298 g/mol. The van der Waals surface area contributed by atoms with Crippen LogP contribution in [0.2, 0.25) is 0 Å². The van der Waals surface area contributed by atoms with Crippen LogP contribution in [-0.2, 0) is 23.4 Å². The highest BCUT2D eigenvalue weighted by Gasteiger charge is 2.29. The van der Waals surface area contributed by atoms with E-state index < -0.39 is 0 Å². The number of thioether (sulfide) groups is 1. The lowest BCUT2D eigenvalue weighted by molar-refractivity contribution is -0.126. The molecule has 0 saturated carbocycles. The van der Waals surface area contributed by atoms with Crippen LogP contribution in [0.4, 0.5) is 0 Å². The van der Waals surface area contributed by atoms with Crippen molar-refractivity contribution in [2.45, 2.75) is 30.3 Å². The van der Waals surface area contributed by atoms with Gasteiger partial charge in [0.25, 0.3) is 0 Å². The first kappa shape index (κ1) is 15.1. The number of aryl methyl sites for hydroxylation is 2. The van der Waals surface area contributed by atoms with Crippen LogP contribution < -0.4 is 0 Å². The lowest BCUT2D eigenvalue weighted by atomic mass is 10.1. The van der Waals surface area contributed by atoms with Gasteiger partial charge in [-0.05, 0) is 18.4 Å². The Balaban J connectivity index is 1.48. The Kier molecular flexibility index (Phi) is 4.77. The van der Waals surface area contributed by atoms with E-state index in [0.717, 1.165) is 31.6 Å². The summed E-state index contributed by atoms with van der Waals surface area (Å²) in [6, 6.07) is 10.3. The standard InChI is InChI=1S/C16H19N3O2S/c1-19-10-9-13(16(19)20)22-11-15-17-14(18-21-15)8-7-12-5-3-2-4-6-12/h2-6,13H,7-11H2,1H3/t13-/m0/s1. The third-order valence-electron chi connectivity index (χ3n) is 3.78. The number of likely N-dealkylation sites (tertiary alicyclic amines) is 1. The van der Waals surface area contributed by atoms with Gasteiger partial charge in [-0.25, -0.2) is 0 Å². The van der Waals surface area contributed by atoms with Gasteiger partial charge in [0.2, 0.25) is 11.8 Å². The molecule has 0 bridgehead atoms. The van der Waals surface area contributed by atoms with Crippen molar-refractivity contribution in [3.8, 4) is 0 Å². The van der Waals surface area contributed by atoms with Crippen LogP contribution in [0.5, 0.6) is 0 Å². The van der Waals surface area contributed by atoms with E-state index in [4.69, 9.17) is 4.52 Å². The second kappa shape index (κ2) is 6.96. The molecule has 1 aliphatic heterocycles. The largest absolute Gasteiger partial charge is 0.345 e. The van der Waals surface area contributed by atoms with Gasteiger partial charge in [0.1, 0.15) is 0 Å². The molecule has 2 aromatic rings. The number of amides is 1. The van der Waals surface area contributed by atoms with Gasteiger partial charge in [-0.15, -0.1) is 11.8 Å². The van der Waals surface area contributed by atoms with Gasteiger partial charge < -0.3 is 9.42 Å². The number of benzene rings is 1. The molecule has 2 heterocycles. The second-order valence-corrected chi connectivity index (χ2v) is 6.63. The van der Waals surface area contributed by atoms with Crippen LogP contribution in [0.25, 0.3) is 0 Å². The Labute approximate surface area is 134 Å². The Morgan fingerprint density at radius 3 is 2.86 bits per heavy atom. The first-order valence-electron chi connectivity index (χ1n) is 7.44. The number of rotatable bonds is 6. The minimum Gasteiger partial charge on any atom is -0.345 e. The molecule has 0 spiro atoms. The van der Waals surface area contributed by atoms with Crippen molar-refractivity contribution < 1.29 is 9.32 Å². The molecule has 0 N–H and O–H groups in total. The minimum absolute atomic E-state index is 0.0321. The molecule has 116 valence electrons. The molecule has 1 atom stereocenters. The van der Waals surface area contributed by atoms with Gasteiger partial charge in [0.05, 0.1) is 11.0 Å². The van der Waals surface area contributed by atoms with Gasteiger partial charge in [-0.2, -0.15) is 4.98 Å². The van der Waals surface area contributed by atoms with Crippen LogP contribution in [0.1, 0.15) is 23.7 Å². The number of hydrogen-bond acceptors (Lipinski definition) is 5. The molecule has 0 aliphatic carbocycles. The Bertz CT molecular complexity index is 629. The van der Waals surface area contributed by atoms with Crippen molar-refractivity contribution in [2.75, 3.05) is 13.6 Å². The quantitative estimate of drug-likeness (QED) is 0.818. The third kappa shape index (κ3) is 3.68. The summed E-state index contributed by atoms with van der Waals surface area (Å²) >= 11 is 1.59. The highest BCUT2D eigenvalue weighted by atomic mass is 32.2. The summed E-state index contributed by atoms with van der Waals surface area (Å²) < 4.78 is 5.27. The predicted molar refractivity (Wildman–Crippen MR) is 85.5 cm³/mol. The summed E-state index contributed by atoms with van der Waals surface area (Å²) in [5, 5.41) is 4.05. The molecule has 3 rings (SSSR count). The van der Waals surface area contributed by atoms with Crippen LogP contribution in [0, 0.1) is 0 Å². The summed E-state index contributed by atoms with van der Waals surface area (Å²) in [5.74, 6) is 2.14. The van der Waals surface area contributed by atoms with E-state index >= 15 is 0 Å². The molecule has 0 unspecified atom stereocenters. The summed E-state index contributed by atoms with van der Waals surface area (Å²) in [4.78, 5) is 18.0. The lowest BCUT2D eigenvalue weighted by Gasteiger charge is -2.08. The molecule has 22 heavy (non-hydrogen) atoms. The maximum Gasteiger partial charge on any atom is 0.236 e. The van der Waals surface area contributed by atoms with Crippen molar-refractivity contribution in [1.82, 2.24) is 15.0 Å². The van der Waals surface area contributed by atoms with E-state index in [-0.39, 0.29) is 11.2 Å². The summed E-state index contributed by atoms with van der Waals surface area (Å²) in [6.07, 6.45) is 2.57. The lowest BCUT2D eigenvalue weighted by Crippen LogP contribution is -2.23. The third-order valence-corrected chi connectivity index (χ3v) is 5.03. The number of carbonyl (C=O) groups excluding carboxylic acids is 1. The smallest absolute Gasteiger partial charge is 0.236 e.